The number of rotatable bonds is 5. The lowest BCUT2D eigenvalue weighted by Crippen LogP contribution is -2.04. The van der Waals surface area contributed by atoms with Crippen molar-refractivity contribution in [3.8, 4) is 5.75 Å². The number of hydrogen-bond acceptors (Lipinski definition) is 4. The van der Waals surface area contributed by atoms with Crippen LogP contribution in [-0.2, 0) is 6.61 Å². The van der Waals surface area contributed by atoms with Crippen LogP contribution in [0.2, 0.25) is 0 Å². The summed E-state index contributed by atoms with van der Waals surface area (Å²) >= 11 is 0. The van der Waals surface area contributed by atoms with E-state index in [-0.39, 0.29) is 17.9 Å². The molecule has 2 aromatic carbocycles. The number of nitrogens with zero attached hydrogens (tertiary/aromatic N) is 1. The highest BCUT2D eigenvalue weighted by atomic mass is 16.5. The second-order valence-corrected chi connectivity index (χ2v) is 4.08. The fourth-order valence-electron chi connectivity index (χ4n) is 1.72. The predicted molar refractivity (Wildman–Crippen MR) is 73.6 cm³/mol. The Hall–Kier alpha value is -2.82. The number of carboxylic acids is 1. The molecule has 0 amide bonds. The molecule has 2 N–H and O–H groups in total. The van der Waals surface area contributed by atoms with Crippen LogP contribution in [0.25, 0.3) is 0 Å². The first kappa shape index (κ1) is 13.6. The Morgan fingerprint density at radius 1 is 1.20 bits per heavy atom. The molecule has 2 aromatic rings. The molecule has 0 saturated carbocycles. The zero-order valence-electron chi connectivity index (χ0n) is 10.6. The van der Waals surface area contributed by atoms with E-state index < -0.39 is 5.97 Å². The summed E-state index contributed by atoms with van der Waals surface area (Å²) in [7, 11) is 0. The van der Waals surface area contributed by atoms with Crippen LogP contribution in [0.5, 0.6) is 5.75 Å². The maximum absolute atomic E-state index is 11.2. The van der Waals surface area contributed by atoms with Crippen molar-refractivity contribution in [3.05, 3.63) is 65.2 Å². The third-order valence-electron chi connectivity index (χ3n) is 2.68. The molecule has 0 heterocycles. The second kappa shape index (κ2) is 6.38. The molecule has 2 rings (SSSR count). The van der Waals surface area contributed by atoms with Crippen molar-refractivity contribution in [1.29, 1.82) is 0 Å². The average Bonchev–Trinajstić information content (AvgIpc) is 2.47. The maximum atomic E-state index is 11.2. The summed E-state index contributed by atoms with van der Waals surface area (Å²) in [6.07, 6.45) is 1.16. The SMILES string of the molecule is O=C(O)c1cc(/C=N/O)ccc1OCc1ccccc1. The van der Waals surface area contributed by atoms with Crippen molar-refractivity contribution in [2.75, 3.05) is 0 Å². The van der Waals surface area contributed by atoms with Crippen molar-refractivity contribution < 1.29 is 19.8 Å². The van der Waals surface area contributed by atoms with E-state index in [1.807, 2.05) is 30.3 Å². The number of carbonyl (C=O) groups is 1. The van der Waals surface area contributed by atoms with Gasteiger partial charge in [0.2, 0.25) is 0 Å². The van der Waals surface area contributed by atoms with Crippen molar-refractivity contribution in [2.45, 2.75) is 6.61 Å². The number of benzene rings is 2. The van der Waals surface area contributed by atoms with E-state index >= 15 is 0 Å². The number of carboxylic acid groups (broad SMARTS) is 1. The summed E-state index contributed by atoms with van der Waals surface area (Å²) < 4.78 is 5.53. The molecule has 0 saturated heterocycles. The summed E-state index contributed by atoms with van der Waals surface area (Å²) in [5.41, 5.74) is 1.46. The molecular formula is C15H13NO4. The molecule has 0 atom stereocenters. The first-order chi connectivity index (χ1) is 9.70. The summed E-state index contributed by atoms with van der Waals surface area (Å²) in [6.45, 7) is 0.286. The summed E-state index contributed by atoms with van der Waals surface area (Å²) in [5, 5.41) is 20.5. The van der Waals surface area contributed by atoms with Crippen LogP contribution in [0.15, 0.2) is 53.7 Å². The molecule has 5 nitrogen and oxygen atoms in total. The molecule has 0 bridgehead atoms. The molecule has 0 radical (unpaired) electrons. The fraction of sp³-hybridized carbons (Fsp3) is 0.0667. The zero-order chi connectivity index (χ0) is 14.4. The van der Waals surface area contributed by atoms with Gasteiger partial charge in [0.25, 0.3) is 0 Å². The highest BCUT2D eigenvalue weighted by Crippen LogP contribution is 2.21. The van der Waals surface area contributed by atoms with Gasteiger partial charge in [-0.3, -0.25) is 0 Å². The Morgan fingerprint density at radius 3 is 2.60 bits per heavy atom. The number of oxime groups is 1. The van der Waals surface area contributed by atoms with Gasteiger partial charge in [-0.15, -0.1) is 0 Å². The van der Waals surface area contributed by atoms with Crippen molar-refractivity contribution in [1.82, 2.24) is 0 Å². The highest BCUT2D eigenvalue weighted by molar-refractivity contribution is 5.93. The molecule has 20 heavy (non-hydrogen) atoms. The van der Waals surface area contributed by atoms with Crippen LogP contribution in [0.1, 0.15) is 21.5 Å². The monoisotopic (exact) mass is 271 g/mol. The van der Waals surface area contributed by atoms with Crippen LogP contribution in [0.4, 0.5) is 0 Å². The quantitative estimate of drug-likeness (QED) is 0.498. The molecule has 0 unspecified atom stereocenters. The lowest BCUT2D eigenvalue weighted by molar-refractivity contribution is 0.0691. The molecule has 0 fully saturated rings. The smallest absolute Gasteiger partial charge is 0.339 e. The molecule has 0 aliphatic carbocycles. The van der Waals surface area contributed by atoms with Gasteiger partial charge >= 0.3 is 5.97 Å². The van der Waals surface area contributed by atoms with Crippen molar-refractivity contribution in [3.63, 3.8) is 0 Å². The Morgan fingerprint density at radius 2 is 1.95 bits per heavy atom. The molecule has 0 spiro atoms. The topological polar surface area (TPSA) is 79.1 Å². The Kier molecular flexibility index (Phi) is 4.34. The van der Waals surface area contributed by atoms with Gasteiger partial charge in [0.05, 0.1) is 6.21 Å². The third kappa shape index (κ3) is 3.35. The molecule has 0 aliphatic rings. The number of ether oxygens (including phenoxy) is 1. The van der Waals surface area contributed by atoms with Crippen molar-refractivity contribution >= 4 is 12.2 Å². The Balaban J connectivity index is 2.20. The van der Waals surface area contributed by atoms with Gasteiger partial charge in [-0.2, -0.15) is 0 Å². The Bertz CT molecular complexity index is 623. The van der Waals surface area contributed by atoms with E-state index in [9.17, 15) is 4.79 Å². The molecule has 102 valence electrons. The largest absolute Gasteiger partial charge is 0.488 e. The molecule has 0 aliphatic heterocycles. The van der Waals surface area contributed by atoms with Gasteiger partial charge in [-0.25, -0.2) is 4.79 Å². The van der Waals surface area contributed by atoms with Crippen LogP contribution in [0.3, 0.4) is 0 Å². The van der Waals surface area contributed by atoms with Crippen LogP contribution in [-0.4, -0.2) is 22.5 Å². The van der Waals surface area contributed by atoms with Gasteiger partial charge in [-0.1, -0.05) is 35.5 Å². The standard InChI is InChI=1S/C15H13NO4/c17-15(18)13-8-12(9-16-19)6-7-14(13)20-10-11-4-2-1-3-5-11/h1-9,19H,10H2,(H,17,18)/b16-9+. The fourth-order valence-corrected chi connectivity index (χ4v) is 1.72. The van der Waals surface area contributed by atoms with Gasteiger partial charge in [-0.05, 0) is 29.3 Å². The molecular weight excluding hydrogens is 258 g/mol. The van der Waals surface area contributed by atoms with E-state index in [0.29, 0.717) is 5.56 Å². The van der Waals surface area contributed by atoms with E-state index in [4.69, 9.17) is 15.1 Å². The van der Waals surface area contributed by atoms with E-state index in [0.717, 1.165) is 11.8 Å². The average molecular weight is 271 g/mol. The lowest BCUT2D eigenvalue weighted by atomic mass is 10.1. The lowest BCUT2D eigenvalue weighted by Gasteiger charge is -2.09. The van der Waals surface area contributed by atoms with Crippen molar-refractivity contribution in [2.24, 2.45) is 5.16 Å². The summed E-state index contributed by atoms with van der Waals surface area (Å²) in [6, 6.07) is 14.0. The van der Waals surface area contributed by atoms with Crippen LogP contribution in [0, 0.1) is 0 Å². The predicted octanol–water partition coefficient (Wildman–Crippen LogP) is 2.77. The number of aromatic carboxylic acids is 1. The van der Waals surface area contributed by atoms with Gasteiger partial charge in [0.1, 0.15) is 17.9 Å². The summed E-state index contributed by atoms with van der Waals surface area (Å²) in [4.78, 5) is 11.2. The second-order valence-electron chi connectivity index (χ2n) is 4.08. The molecule has 0 aromatic heterocycles. The first-order valence-corrected chi connectivity index (χ1v) is 5.92. The Labute approximate surface area is 115 Å². The minimum Gasteiger partial charge on any atom is -0.488 e. The summed E-state index contributed by atoms with van der Waals surface area (Å²) in [5.74, 6) is -0.822. The third-order valence-corrected chi connectivity index (χ3v) is 2.68. The first-order valence-electron chi connectivity index (χ1n) is 5.92. The van der Waals surface area contributed by atoms with E-state index in [1.165, 1.54) is 6.07 Å². The maximum Gasteiger partial charge on any atom is 0.339 e. The minimum absolute atomic E-state index is 0.0262. The van der Waals surface area contributed by atoms with Gasteiger partial charge in [0.15, 0.2) is 0 Å². The van der Waals surface area contributed by atoms with Gasteiger partial charge in [0, 0.05) is 0 Å². The zero-order valence-corrected chi connectivity index (χ0v) is 10.6. The van der Waals surface area contributed by atoms with E-state index in [2.05, 4.69) is 5.16 Å². The minimum atomic E-state index is -1.10. The molecule has 5 heteroatoms. The van der Waals surface area contributed by atoms with Crippen LogP contribution >= 0.6 is 0 Å². The number of hydrogen-bond donors (Lipinski definition) is 2. The van der Waals surface area contributed by atoms with Crippen LogP contribution < -0.4 is 4.74 Å². The highest BCUT2D eigenvalue weighted by Gasteiger charge is 2.12. The van der Waals surface area contributed by atoms with Gasteiger partial charge < -0.3 is 15.1 Å². The normalized spacial score (nSPS) is 10.6. The van der Waals surface area contributed by atoms with E-state index in [1.54, 1.807) is 12.1 Å².